The van der Waals surface area contributed by atoms with E-state index in [4.69, 9.17) is 4.74 Å². The van der Waals surface area contributed by atoms with Gasteiger partial charge in [0.15, 0.2) is 0 Å². The van der Waals surface area contributed by atoms with Gasteiger partial charge >= 0.3 is 6.18 Å². The van der Waals surface area contributed by atoms with Gasteiger partial charge in [-0.05, 0) is 83.6 Å². The Morgan fingerprint density at radius 3 is 2.31 bits per heavy atom. The van der Waals surface area contributed by atoms with Gasteiger partial charge in [0.25, 0.3) is 0 Å². The van der Waals surface area contributed by atoms with Crippen molar-refractivity contribution in [3.8, 4) is 17.0 Å². The van der Waals surface area contributed by atoms with Crippen LogP contribution in [0, 0.1) is 0 Å². The second-order valence-electron chi connectivity index (χ2n) is 12.4. The van der Waals surface area contributed by atoms with E-state index in [1.165, 1.54) is 24.3 Å². The molecule has 2 heterocycles. The average Bonchev–Trinajstić information content (AvgIpc) is 3.15. The highest BCUT2D eigenvalue weighted by Gasteiger charge is 2.34. The first-order chi connectivity index (χ1) is 24.7. The lowest BCUT2D eigenvalue weighted by molar-refractivity contribution is -0.144. The third-order valence-corrected chi connectivity index (χ3v) is 8.95. The Morgan fingerprint density at radius 2 is 1.63 bits per heavy atom. The number of nitrogens with zero attached hydrogens (tertiary/aromatic N) is 3. The molecule has 2 amide bonds. The molecule has 1 aliphatic heterocycles. The number of pyridine rings is 1. The molecule has 0 saturated carbocycles. The fourth-order valence-corrected chi connectivity index (χ4v) is 6.25. The Balaban J connectivity index is 1.33. The van der Waals surface area contributed by atoms with Gasteiger partial charge in [0.1, 0.15) is 11.8 Å². The van der Waals surface area contributed by atoms with Gasteiger partial charge in [-0.1, -0.05) is 78.9 Å². The average molecular weight is 690 g/mol. The van der Waals surface area contributed by atoms with Gasteiger partial charge in [0.05, 0.1) is 17.9 Å². The molecule has 5 aromatic rings. The first kappa shape index (κ1) is 35.1. The smallest absolute Gasteiger partial charge is 0.416 e. The molecule has 0 spiro atoms. The van der Waals surface area contributed by atoms with Crippen molar-refractivity contribution in [3.05, 3.63) is 161 Å². The van der Waals surface area contributed by atoms with Gasteiger partial charge in [0.2, 0.25) is 11.8 Å². The highest BCUT2D eigenvalue weighted by atomic mass is 19.4. The number of hydrogen-bond donors (Lipinski definition) is 0. The van der Waals surface area contributed by atoms with Crippen molar-refractivity contribution in [2.45, 2.75) is 45.1 Å². The molecule has 1 aliphatic rings. The first-order valence-corrected chi connectivity index (χ1v) is 16.9. The summed E-state index contributed by atoms with van der Waals surface area (Å²) in [6.07, 6.45) is 0.999. The Morgan fingerprint density at radius 1 is 0.882 bits per heavy atom. The van der Waals surface area contributed by atoms with Crippen LogP contribution in [-0.2, 0) is 41.7 Å². The summed E-state index contributed by atoms with van der Waals surface area (Å²) < 4.78 is 45.2. The number of aromatic nitrogens is 1. The Kier molecular flexibility index (Phi) is 10.9. The Labute approximate surface area is 295 Å². The lowest BCUT2D eigenvalue weighted by Crippen LogP contribution is -2.52. The number of rotatable bonds is 11. The quantitative estimate of drug-likeness (QED) is 0.131. The maximum Gasteiger partial charge on any atom is 0.416 e. The maximum atomic E-state index is 14.6. The molecule has 0 bridgehead atoms. The standard InChI is InChI=1S/C42H38F3N3O3/c1-2-51-37-21-18-35-29-47(25-23-34(35)27-37)41(50)39(26-31-8-4-3-5-9-31)48(28-32-11-16-33(17-12-32)38-10-6-7-24-46-38)40(49)22-15-30-13-19-36(20-14-30)42(43,44)45/h3-22,24,27,39H,2,23,25-26,28-29H2,1H3/b22-15+/t39-/m0/s1. The molecule has 0 unspecified atom stereocenters. The molecule has 51 heavy (non-hydrogen) atoms. The minimum Gasteiger partial charge on any atom is -0.494 e. The molecule has 0 radical (unpaired) electrons. The van der Waals surface area contributed by atoms with E-state index in [9.17, 15) is 22.8 Å². The number of fused-ring (bicyclic) bond motifs is 1. The molecule has 1 atom stereocenters. The molecule has 6 rings (SSSR count). The van der Waals surface area contributed by atoms with Crippen LogP contribution in [0.2, 0.25) is 0 Å². The third kappa shape index (κ3) is 8.91. The second-order valence-corrected chi connectivity index (χ2v) is 12.4. The van der Waals surface area contributed by atoms with Crippen LogP contribution in [0.3, 0.4) is 0 Å². The predicted octanol–water partition coefficient (Wildman–Crippen LogP) is 8.40. The number of carbonyl (C=O) groups is 2. The zero-order chi connectivity index (χ0) is 35.8. The van der Waals surface area contributed by atoms with Crippen LogP contribution in [0.4, 0.5) is 13.2 Å². The van der Waals surface area contributed by atoms with Gasteiger partial charge in [-0.2, -0.15) is 13.2 Å². The fourth-order valence-electron chi connectivity index (χ4n) is 6.25. The first-order valence-electron chi connectivity index (χ1n) is 16.9. The summed E-state index contributed by atoms with van der Waals surface area (Å²) in [5, 5.41) is 0. The molecule has 1 aromatic heterocycles. The minimum atomic E-state index is -4.47. The van der Waals surface area contributed by atoms with Gasteiger partial charge in [0, 0.05) is 43.9 Å². The monoisotopic (exact) mass is 689 g/mol. The number of ether oxygens (including phenoxy) is 1. The lowest BCUT2D eigenvalue weighted by Gasteiger charge is -2.37. The van der Waals surface area contributed by atoms with Crippen LogP contribution < -0.4 is 4.74 Å². The number of amides is 2. The lowest BCUT2D eigenvalue weighted by atomic mass is 9.97. The Bertz CT molecular complexity index is 1960. The van der Waals surface area contributed by atoms with Crippen molar-refractivity contribution in [2.24, 2.45) is 0 Å². The molecular formula is C42H38F3N3O3. The van der Waals surface area contributed by atoms with Gasteiger partial charge < -0.3 is 14.5 Å². The summed E-state index contributed by atoms with van der Waals surface area (Å²) in [5.74, 6) is 0.181. The van der Waals surface area contributed by atoms with E-state index in [1.54, 1.807) is 16.0 Å². The number of hydrogen-bond acceptors (Lipinski definition) is 4. The van der Waals surface area contributed by atoms with Gasteiger partial charge in [-0.15, -0.1) is 0 Å². The zero-order valence-corrected chi connectivity index (χ0v) is 28.2. The van der Waals surface area contributed by atoms with E-state index in [2.05, 4.69) is 4.98 Å². The zero-order valence-electron chi connectivity index (χ0n) is 28.2. The van der Waals surface area contributed by atoms with E-state index in [1.807, 2.05) is 97.9 Å². The van der Waals surface area contributed by atoms with E-state index in [0.29, 0.717) is 31.7 Å². The van der Waals surface area contributed by atoms with Crippen molar-refractivity contribution in [3.63, 3.8) is 0 Å². The summed E-state index contributed by atoms with van der Waals surface area (Å²) >= 11 is 0. The van der Waals surface area contributed by atoms with Crippen LogP contribution in [0.25, 0.3) is 17.3 Å². The Hall–Kier alpha value is -5.70. The normalized spacial score (nSPS) is 13.5. The molecular weight excluding hydrogens is 651 g/mol. The largest absolute Gasteiger partial charge is 0.494 e. The summed E-state index contributed by atoms with van der Waals surface area (Å²) in [6.45, 7) is 3.51. The van der Waals surface area contributed by atoms with Crippen LogP contribution in [0.1, 0.15) is 40.3 Å². The molecule has 0 fully saturated rings. The van der Waals surface area contributed by atoms with E-state index in [0.717, 1.165) is 51.4 Å². The summed E-state index contributed by atoms with van der Waals surface area (Å²) in [4.78, 5) is 36.6. The number of halogens is 3. The van der Waals surface area contributed by atoms with Crippen molar-refractivity contribution >= 4 is 17.9 Å². The van der Waals surface area contributed by atoms with Gasteiger partial charge in [-0.3, -0.25) is 14.6 Å². The predicted molar refractivity (Wildman–Crippen MR) is 191 cm³/mol. The van der Waals surface area contributed by atoms with Crippen LogP contribution in [0.15, 0.2) is 128 Å². The van der Waals surface area contributed by atoms with E-state index >= 15 is 0 Å². The van der Waals surface area contributed by atoms with Crippen LogP contribution >= 0.6 is 0 Å². The van der Waals surface area contributed by atoms with Crippen molar-refractivity contribution in [2.75, 3.05) is 13.2 Å². The second kappa shape index (κ2) is 15.9. The molecule has 0 aliphatic carbocycles. The molecule has 260 valence electrons. The summed E-state index contributed by atoms with van der Waals surface area (Å²) in [7, 11) is 0. The highest BCUT2D eigenvalue weighted by Crippen LogP contribution is 2.30. The minimum absolute atomic E-state index is 0.129. The van der Waals surface area contributed by atoms with Crippen LogP contribution in [0.5, 0.6) is 5.75 Å². The molecule has 4 aromatic carbocycles. The molecule has 0 N–H and O–H groups in total. The fraction of sp³-hybridized carbons (Fsp3) is 0.214. The van der Waals surface area contributed by atoms with Crippen molar-refractivity contribution < 1.29 is 27.5 Å². The van der Waals surface area contributed by atoms with Crippen molar-refractivity contribution in [1.82, 2.24) is 14.8 Å². The van der Waals surface area contributed by atoms with Crippen molar-refractivity contribution in [1.29, 1.82) is 0 Å². The maximum absolute atomic E-state index is 14.6. The molecule has 6 nitrogen and oxygen atoms in total. The van der Waals surface area contributed by atoms with Gasteiger partial charge in [-0.25, -0.2) is 0 Å². The van der Waals surface area contributed by atoms with Crippen LogP contribution in [-0.4, -0.2) is 45.8 Å². The molecule has 0 saturated heterocycles. The molecule has 9 heteroatoms. The SMILES string of the molecule is CCOc1ccc2c(c1)CCN(C(=O)[C@H](Cc1ccccc1)N(Cc1ccc(-c3ccccn3)cc1)C(=O)/C=C/c1ccc(C(F)(F)F)cc1)C2. The summed E-state index contributed by atoms with van der Waals surface area (Å²) in [6, 6.07) is 32.6. The number of benzene rings is 4. The van der Waals surface area contributed by atoms with E-state index < -0.39 is 23.7 Å². The topological polar surface area (TPSA) is 62.7 Å². The van der Waals surface area contributed by atoms with E-state index in [-0.39, 0.29) is 18.9 Å². The third-order valence-electron chi connectivity index (χ3n) is 8.95. The number of carbonyl (C=O) groups excluding carboxylic acids is 2. The number of alkyl halides is 3. The highest BCUT2D eigenvalue weighted by molar-refractivity contribution is 5.96. The summed E-state index contributed by atoms with van der Waals surface area (Å²) in [5.41, 5.74) is 5.25.